The fraction of sp³-hybridized carbons (Fsp3) is 0.273. The Morgan fingerprint density at radius 1 is 1.19 bits per heavy atom. The number of nitrogens with zero attached hydrogens (tertiary/aromatic N) is 2. The van der Waals surface area contributed by atoms with Crippen molar-refractivity contribution in [3.05, 3.63) is 82.3 Å². The van der Waals surface area contributed by atoms with Crippen LogP contribution in [0, 0.1) is 5.82 Å². The van der Waals surface area contributed by atoms with Crippen LogP contribution in [0.4, 0.5) is 23.4 Å². The lowest BCUT2D eigenvalue weighted by molar-refractivity contribution is -0.173. The average molecular weight is 467 g/mol. The Bertz CT molecular complexity index is 1120. The summed E-state index contributed by atoms with van der Waals surface area (Å²) in [4.78, 5) is 12.8. The normalized spacial score (nSPS) is 19.1. The highest BCUT2D eigenvalue weighted by atomic mass is 35.5. The van der Waals surface area contributed by atoms with E-state index in [1.54, 1.807) is 6.92 Å². The zero-order chi connectivity index (χ0) is 23.0. The van der Waals surface area contributed by atoms with Crippen molar-refractivity contribution in [1.29, 1.82) is 0 Å². The number of fused-ring (bicyclic) bond motifs is 1. The summed E-state index contributed by atoms with van der Waals surface area (Å²) >= 11 is 6.33. The first-order valence-electron chi connectivity index (χ1n) is 9.87. The van der Waals surface area contributed by atoms with Crippen LogP contribution in [-0.4, -0.2) is 21.9 Å². The second kappa shape index (κ2) is 8.46. The van der Waals surface area contributed by atoms with Gasteiger partial charge in [0, 0.05) is 6.42 Å². The summed E-state index contributed by atoms with van der Waals surface area (Å²) in [6.45, 7) is 1.75. The number of alkyl halides is 3. The Morgan fingerprint density at radius 3 is 2.47 bits per heavy atom. The van der Waals surface area contributed by atoms with Gasteiger partial charge in [-0.3, -0.25) is 4.79 Å². The van der Waals surface area contributed by atoms with E-state index in [0.717, 1.165) is 5.56 Å². The van der Waals surface area contributed by atoms with Gasteiger partial charge in [-0.25, -0.2) is 9.07 Å². The summed E-state index contributed by atoms with van der Waals surface area (Å²) in [6, 6.07) is 11.1. The molecule has 3 atom stereocenters. The predicted molar refractivity (Wildman–Crippen MR) is 112 cm³/mol. The number of carbonyl (C=O) groups is 1. The average Bonchev–Trinajstić information content (AvgIpc) is 3.10. The van der Waals surface area contributed by atoms with E-state index >= 15 is 0 Å². The Labute approximate surface area is 186 Å². The van der Waals surface area contributed by atoms with Gasteiger partial charge < -0.3 is 10.6 Å². The van der Waals surface area contributed by atoms with Crippen LogP contribution < -0.4 is 10.6 Å². The molecule has 10 heteroatoms. The number of hydrogen-bond donors (Lipinski definition) is 2. The zero-order valence-corrected chi connectivity index (χ0v) is 17.6. The Hall–Kier alpha value is -3.07. The summed E-state index contributed by atoms with van der Waals surface area (Å²) in [5.74, 6) is -1.28. The molecule has 0 bridgehead atoms. The first-order valence-corrected chi connectivity index (χ1v) is 10.3. The molecule has 1 aliphatic rings. The van der Waals surface area contributed by atoms with Crippen molar-refractivity contribution in [3.63, 3.8) is 0 Å². The molecule has 168 valence electrons. The Morgan fingerprint density at radius 2 is 1.84 bits per heavy atom. The summed E-state index contributed by atoms with van der Waals surface area (Å²) in [5, 5.41) is 9.36. The minimum absolute atomic E-state index is 0.105. The lowest BCUT2D eigenvalue weighted by Gasteiger charge is -2.33. The minimum atomic E-state index is -4.63. The molecular weight excluding hydrogens is 448 g/mol. The highest BCUT2D eigenvalue weighted by Gasteiger charge is 2.47. The fourth-order valence-electron chi connectivity index (χ4n) is 3.74. The van der Waals surface area contributed by atoms with E-state index in [4.69, 9.17) is 11.6 Å². The highest BCUT2D eigenvalue weighted by Crippen LogP contribution is 2.46. The molecule has 0 spiro atoms. The number of anilines is 1. The molecule has 1 aliphatic heterocycles. The number of halogens is 5. The molecule has 4 rings (SSSR count). The van der Waals surface area contributed by atoms with Crippen molar-refractivity contribution in [3.8, 4) is 0 Å². The lowest BCUT2D eigenvalue weighted by Crippen LogP contribution is -2.36. The molecule has 1 aromatic heterocycles. The minimum Gasteiger partial charge on any atom is -0.362 e. The van der Waals surface area contributed by atoms with Gasteiger partial charge in [-0.15, -0.1) is 0 Å². The number of nitrogens with one attached hydrogen (secondary N) is 2. The standard InChI is InChI=1S/C22H19ClF4N4O/c1-12(13-5-3-2-4-6-13)28-21(32)19-18(23)20-29-16(14-7-9-15(24)10-8-14)11-17(22(25,26)27)31(20)30-19/h2-10,12,16-17,29H,11H2,1H3,(H,28,32)/t12-,16-,17+/m0/s1. The van der Waals surface area contributed by atoms with E-state index in [1.807, 2.05) is 30.3 Å². The molecule has 2 N–H and O–H groups in total. The quantitative estimate of drug-likeness (QED) is 0.476. The first-order chi connectivity index (χ1) is 15.1. The molecule has 5 nitrogen and oxygen atoms in total. The number of amides is 1. The van der Waals surface area contributed by atoms with E-state index in [2.05, 4.69) is 15.7 Å². The van der Waals surface area contributed by atoms with Crippen LogP contribution in [0.5, 0.6) is 0 Å². The second-order valence-electron chi connectivity index (χ2n) is 7.60. The molecule has 0 saturated carbocycles. The van der Waals surface area contributed by atoms with Crippen LogP contribution in [0.2, 0.25) is 5.02 Å². The van der Waals surface area contributed by atoms with Crippen molar-refractivity contribution in [2.75, 3.05) is 5.32 Å². The fourth-order valence-corrected chi connectivity index (χ4v) is 4.00. The number of benzene rings is 2. The van der Waals surface area contributed by atoms with E-state index in [0.29, 0.717) is 10.2 Å². The van der Waals surface area contributed by atoms with Crippen LogP contribution in [0.3, 0.4) is 0 Å². The molecule has 32 heavy (non-hydrogen) atoms. The van der Waals surface area contributed by atoms with Gasteiger partial charge in [0.25, 0.3) is 5.91 Å². The number of carbonyl (C=O) groups excluding carboxylic acids is 1. The number of rotatable bonds is 4. The van der Waals surface area contributed by atoms with Crippen LogP contribution in [-0.2, 0) is 0 Å². The van der Waals surface area contributed by atoms with Crippen LogP contribution in [0.1, 0.15) is 53.1 Å². The summed E-state index contributed by atoms with van der Waals surface area (Å²) in [5.41, 5.74) is 0.988. The van der Waals surface area contributed by atoms with Crippen LogP contribution in [0.25, 0.3) is 0 Å². The molecule has 2 aromatic carbocycles. The maximum absolute atomic E-state index is 13.9. The molecule has 0 unspecified atom stereocenters. The molecule has 3 aromatic rings. The zero-order valence-electron chi connectivity index (χ0n) is 16.8. The highest BCUT2D eigenvalue weighted by molar-refractivity contribution is 6.36. The topological polar surface area (TPSA) is 59.0 Å². The summed E-state index contributed by atoms with van der Waals surface area (Å²) < 4.78 is 55.5. The van der Waals surface area contributed by atoms with E-state index in [9.17, 15) is 22.4 Å². The second-order valence-corrected chi connectivity index (χ2v) is 7.98. The van der Waals surface area contributed by atoms with Crippen LogP contribution in [0.15, 0.2) is 54.6 Å². The third-order valence-corrected chi connectivity index (χ3v) is 5.79. The van der Waals surface area contributed by atoms with Crippen molar-refractivity contribution in [1.82, 2.24) is 15.1 Å². The molecule has 0 radical (unpaired) electrons. The van der Waals surface area contributed by atoms with Gasteiger partial charge >= 0.3 is 6.18 Å². The SMILES string of the molecule is C[C@H](NC(=O)c1nn2c(c1Cl)N[C@H](c1ccc(F)cc1)C[C@@H]2C(F)(F)F)c1ccccc1. The lowest BCUT2D eigenvalue weighted by atomic mass is 9.97. The predicted octanol–water partition coefficient (Wildman–Crippen LogP) is 5.83. The molecule has 0 fully saturated rings. The Kier molecular flexibility index (Phi) is 5.85. The molecule has 2 heterocycles. The largest absolute Gasteiger partial charge is 0.410 e. The van der Waals surface area contributed by atoms with Crippen molar-refractivity contribution >= 4 is 23.3 Å². The summed E-state index contributed by atoms with van der Waals surface area (Å²) in [6.07, 6.45) is -5.02. The van der Waals surface area contributed by atoms with E-state index in [-0.39, 0.29) is 23.0 Å². The smallest absolute Gasteiger partial charge is 0.362 e. The Balaban J connectivity index is 1.66. The van der Waals surface area contributed by atoms with Gasteiger partial charge in [0.05, 0.1) is 12.1 Å². The van der Waals surface area contributed by atoms with Crippen molar-refractivity contribution in [2.24, 2.45) is 0 Å². The molecule has 0 aliphatic carbocycles. The van der Waals surface area contributed by atoms with Gasteiger partial charge in [0.1, 0.15) is 16.7 Å². The molecular formula is C22H19ClF4N4O. The van der Waals surface area contributed by atoms with Crippen molar-refractivity contribution < 1.29 is 22.4 Å². The van der Waals surface area contributed by atoms with Gasteiger partial charge in [-0.05, 0) is 30.2 Å². The van der Waals surface area contributed by atoms with Gasteiger partial charge in [-0.2, -0.15) is 18.3 Å². The van der Waals surface area contributed by atoms with Crippen molar-refractivity contribution in [2.45, 2.75) is 37.6 Å². The van der Waals surface area contributed by atoms with E-state index < -0.39 is 36.0 Å². The first kappa shape index (κ1) is 22.1. The van der Waals surface area contributed by atoms with Gasteiger partial charge in [-0.1, -0.05) is 54.1 Å². The monoisotopic (exact) mass is 466 g/mol. The van der Waals surface area contributed by atoms with Gasteiger partial charge in [0.15, 0.2) is 11.7 Å². The van der Waals surface area contributed by atoms with E-state index in [1.165, 1.54) is 24.3 Å². The summed E-state index contributed by atoms with van der Waals surface area (Å²) in [7, 11) is 0. The third kappa shape index (κ3) is 4.29. The number of hydrogen-bond acceptors (Lipinski definition) is 3. The third-order valence-electron chi connectivity index (χ3n) is 5.43. The maximum Gasteiger partial charge on any atom is 0.410 e. The molecule has 0 saturated heterocycles. The molecule has 1 amide bonds. The van der Waals surface area contributed by atoms with Crippen LogP contribution >= 0.6 is 11.6 Å². The van der Waals surface area contributed by atoms with Gasteiger partial charge in [0.2, 0.25) is 0 Å². The number of aromatic nitrogens is 2. The maximum atomic E-state index is 13.9.